The standard InChI is InChI=1S/C24H23ClN2O2/c1-29-22-12-11-20(15-21(22)25)26-24(28)23(18-8-3-2-4-9-18)27-14-13-17-7-5-6-10-19(17)16-27/h2-12,15,23H,13-14,16H2,1H3,(H,26,28)/t23-/m1/s1. The van der Waals surface area contributed by atoms with E-state index in [1.165, 1.54) is 11.1 Å². The van der Waals surface area contributed by atoms with Crippen LogP contribution in [0.5, 0.6) is 5.75 Å². The van der Waals surface area contributed by atoms with Crippen molar-refractivity contribution in [3.05, 3.63) is 94.5 Å². The van der Waals surface area contributed by atoms with Crippen molar-refractivity contribution in [3.63, 3.8) is 0 Å². The molecule has 0 aromatic heterocycles. The lowest BCUT2D eigenvalue weighted by Crippen LogP contribution is -2.40. The van der Waals surface area contributed by atoms with E-state index in [-0.39, 0.29) is 11.9 Å². The third kappa shape index (κ3) is 4.29. The van der Waals surface area contributed by atoms with Crippen molar-refractivity contribution in [2.45, 2.75) is 19.0 Å². The van der Waals surface area contributed by atoms with E-state index in [0.717, 1.165) is 25.1 Å². The van der Waals surface area contributed by atoms with Crippen molar-refractivity contribution in [2.75, 3.05) is 19.0 Å². The monoisotopic (exact) mass is 406 g/mol. The maximum atomic E-state index is 13.4. The van der Waals surface area contributed by atoms with Gasteiger partial charge in [0.05, 0.1) is 12.1 Å². The van der Waals surface area contributed by atoms with Gasteiger partial charge in [0.1, 0.15) is 11.8 Å². The Labute approximate surface area is 176 Å². The summed E-state index contributed by atoms with van der Waals surface area (Å²) in [7, 11) is 1.57. The lowest BCUT2D eigenvalue weighted by molar-refractivity contribution is -0.122. The van der Waals surface area contributed by atoms with Crippen LogP contribution in [0.3, 0.4) is 0 Å². The topological polar surface area (TPSA) is 41.6 Å². The van der Waals surface area contributed by atoms with Gasteiger partial charge in [-0.15, -0.1) is 0 Å². The highest BCUT2D eigenvalue weighted by molar-refractivity contribution is 6.32. The molecule has 0 saturated carbocycles. The van der Waals surface area contributed by atoms with E-state index in [2.05, 4.69) is 34.5 Å². The quantitative estimate of drug-likeness (QED) is 0.641. The van der Waals surface area contributed by atoms with Crippen LogP contribution in [-0.2, 0) is 17.8 Å². The number of carbonyl (C=O) groups is 1. The minimum Gasteiger partial charge on any atom is -0.495 e. The molecule has 0 aliphatic carbocycles. The zero-order valence-electron chi connectivity index (χ0n) is 16.3. The van der Waals surface area contributed by atoms with Crippen molar-refractivity contribution in [2.24, 2.45) is 0 Å². The van der Waals surface area contributed by atoms with Crippen molar-refractivity contribution in [3.8, 4) is 5.75 Å². The van der Waals surface area contributed by atoms with Crippen molar-refractivity contribution >= 4 is 23.2 Å². The largest absolute Gasteiger partial charge is 0.495 e. The van der Waals surface area contributed by atoms with Gasteiger partial charge >= 0.3 is 0 Å². The summed E-state index contributed by atoms with van der Waals surface area (Å²) in [6, 6.07) is 23.2. The average Bonchev–Trinajstić information content (AvgIpc) is 2.75. The van der Waals surface area contributed by atoms with E-state index >= 15 is 0 Å². The van der Waals surface area contributed by atoms with Gasteiger partial charge in [-0.25, -0.2) is 0 Å². The summed E-state index contributed by atoms with van der Waals surface area (Å²) in [5, 5.41) is 3.50. The maximum absolute atomic E-state index is 13.4. The molecule has 0 radical (unpaired) electrons. The molecule has 3 aromatic rings. The molecule has 0 saturated heterocycles. The van der Waals surface area contributed by atoms with Gasteiger partial charge in [-0.2, -0.15) is 0 Å². The summed E-state index contributed by atoms with van der Waals surface area (Å²) < 4.78 is 5.20. The lowest BCUT2D eigenvalue weighted by atomic mass is 9.96. The summed E-state index contributed by atoms with van der Waals surface area (Å²) in [4.78, 5) is 15.6. The molecule has 1 heterocycles. The number of benzene rings is 3. The highest BCUT2D eigenvalue weighted by atomic mass is 35.5. The highest BCUT2D eigenvalue weighted by Crippen LogP contribution is 2.31. The first-order valence-electron chi connectivity index (χ1n) is 9.66. The second kappa shape index (κ2) is 8.68. The summed E-state index contributed by atoms with van der Waals surface area (Å²) in [6.07, 6.45) is 0.932. The van der Waals surface area contributed by atoms with Crippen LogP contribution >= 0.6 is 11.6 Å². The zero-order valence-corrected chi connectivity index (χ0v) is 17.0. The Morgan fingerprint density at radius 2 is 1.76 bits per heavy atom. The molecule has 0 bridgehead atoms. The Bertz CT molecular complexity index is 1010. The van der Waals surface area contributed by atoms with Crippen molar-refractivity contribution in [1.29, 1.82) is 0 Å². The van der Waals surface area contributed by atoms with E-state index in [9.17, 15) is 4.79 Å². The Kier molecular flexibility index (Phi) is 5.84. The number of rotatable bonds is 5. The minimum absolute atomic E-state index is 0.0724. The molecule has 4 nitrogen and oxygen atoms in total. The number of carbonyl (C=O) groups excluding carboxylic acids is 1. The van der Waals surface area contributed by atoms with Crippen LogP contribution in [0.15, 0.2) is 72.8 Å². The summed E-state index contributed by atoms with van der Waals surface area (Å²) >= 11 is 6.23. The fourth-order valence-corrected chi connectivity index (χ4v) is 4.11. The molecule has 1 aliphatic rings. The molecule has 1 amide bonds. The van der Waals surface area contributed by atoms with E-state index in [1.807, 2.05) is 30.3 Å². The van der Waals surface area contributed by atoms with Gasteiger partial charge in [0.15, 0.2) is 0 Å². The number of halogens is 1. The van der Waals surface area contributed by atoms with Crippen LogP contribution in [-0.4, -0.2) is 24.5 Å². The minimum atomic E-state index is -0.384. The van der Waals surface area contributed by atoms with Crippen LogP contribution < -0.4 is 10.1 Å². The second-order valence-corrected chi connectivity index (χ2v) is 7.55. The molecular formula is C24H23ClN2O2. The summed E-state index contributed by atoms with van der Waals surface area (Å²) in [5.41, 5.74) is 4.26. The Morgan fingerprint density at radius 1 is 1.03 bits per heavy atom. The van der Waals surface area contributed by atoms with Gasteiger partial charge in [0.2, 0.25) is 5.91 Å². The van der Waals surface area contributed by atoms with Crippen LogP contribution in [0, 0.1) is 0 Å². The number of amides is 1. The van der Waals surface area contributed by atoms with Gasteiger partial charge in [0.25, 0.3) is 0 Å². The number of methoxy groups -OCH3 is 1. The van der Waals surface area contributed by atoms with E-state index in [1.54, 1.807) is 25.3 Å². The first-order valence-corrected chi connectivity index (χ1v) is 10.0. The van der Waals surface area contributed by atoms with Gasteiger partial charge in [0, 0.05) is 18.8 Å². The molecule has 4 rings (SSSR count). The molecule has 1 aliphatic heterocycles. The molecule has 0 unspecified atom stereocenters. The van der Waals surface area contributed by atoms with Crippen LogP contribution in [0.2, 0.25) is 5.02 Å². The number of fused-ring (bicyclic) bond motifs is 1. The summed E-state index contributed by atoms with van der Waals surface area (Å²) in [5.74, 6) is 0.508. The molecule has 0 fully saturated rings. The first-order chi connectivity index (χ1) is 14.2. The molecule has 29 heavy (non-hydrogen) atoms. The predicted molar refractivity (Wildman–Crippen MR) is 116 cm³/mol. The zero-order chi connectivity index (χ0) is 20.2. The molecule has 1 N–H and O–H groups in total. The summed E-state index contributed by atoms with van der Waals surface area (Å²) in [6.45, 7) is 1.57. The molecule has 148 valence electrons. The van der Waals surface area contributed by atoms with Crippen molar-refractivity contribution in [1.82, 2.24) is 4.90 Å². The predicted octanol–water partition coefficient (Wildman–Crippen LogP) is 5.09. The smallest absolute Gasteiger partial charge is 0.246 e. The van der Waals surface area contributed by atoms with Crippen LogP contribution in [0.25, 0.3) is 0 Å². The SMILES string of the molecule is COc1ccc(NC(=O)[C@@H](c2ccccc2)N2CCc3ccccc3C2)cc1Cl. The number of ether oxygens (including phenoxy) is 1. The number of hydrogen-bond acceptors (Lipinski definition) is 3. The Hall–Kier alpha value is -2.82. The second-order valence-electron chi connectivity index (χ2n) is 7.14. The molecule has 1 atom stereocenters. The fourth-order valence-electron chi connectivity index (χ4n) is 3.86. The number of hydrogen-bond donors (Lipinski definition) is 1. The van der Waals surface area contributed by atoms with Gasteiger partial charge in [-0.05, 0) is 41.3 Å². The average molecular weight is 407 g/mol. The first kappa shape index (κ1) is 19.5. The normalized spacial score (nSPS) is 14.7. The molecule has 3 aromatic carbocycles. The fraction of sp³-hybridized carbons (Fsp3) is 0.208. The lowest BCUT2D eigenvalue weighted by Gasteiger charge is -2.35. The van der Waals surface area contributed by atoms with Crippen LogP contribution in [0.1, 0.15) is 22.7 Å². The third-order valence-electron chi connectivity index (χ3n) is 5.31. The van der Waals surface area contributed by atoms with Gasteiger partial charge in [-0.3, -0.25) is 9.69 Å². The number of nitrogens with zero attached hydrogens (tertiary/aromatic N) is 1. The molecule has 0 spiro atoms. The molecule has 5 heteroatoms. The Morgan fingerprint density at radius 3 is 2.48 bits per heavy atom. The number of anilines is 1. The maximum Gasteiger partial charge on any atom is 0.246 e. The van der Waals surface area contributed by atoms with E-state index in [4.69, 9.17) is 16.3 Å². The van der Waals surface area contributed by atoms with Crippen molar-refractivity contribution < 1.29 is 9.53 Å². The van der Waals surface area contributed by atoms with Gasteiger partial charge in [-0.1, -0.05) is 66.2 Å². The number of nitrogens with one attached hydrogen (secondary N) is 1. The third-order valence-corrected chi connectivity index (χ3v) is 5.60. The van der Waals surface area contributed by atoms with E-state index < -0.39 is 0 Å². The molecular weight excluding hydrogens is 384 g/mol. The van der Waals surface area contributed by atoms with Crippen LogP contribution in [0.4, 0.5) is 5.69 Å². The van der Waals surface area contributed by atoms with E-state index in [0.29, 0.717) is 16.5 Å². The van der Waals surface area contributed by atoms with Gasteiger partial charge < -0.3 is 10.1 Å². The Balaban J connectivity index is 1.61. The highest BCUT2D eigenvalue weighted by Gasteiger charge is 2.30.